The Morgan fingerprint density at radius 1 is 0.765 bits per heavy atom. The molecule has 162 valence electrons. The lowest BCUT2D eigenvalue weighted by atomic mass is 10.0. The van der Waals surface area contributed by atoms with Crippen LogP contribution in [0.4, 0.5) is 0 Å². The molecule has 3 nitrogen and oxygen atoms in total. The molecule has 5 aromatic rings. The van der Waals surface area contributed by atoms with Crippen LogP contribution in [-0.4, -0.2) is 9.78 Å². The quantitative estimate of drug-likeness (QED) is 0.198. The third-order valence-electron chi connectivity index (χ3n) is 5.57. The third kappa shape index (κ3) is 4.54. The number of allylic oxidation sites excluding steroid dienone is 1. The van der Waals surface area contributed by atoms with E-state index in [0.717, 1.165) is 39.3 Å². The van der Waals surface area contributed by atoms with Gasteiger partial charge in [-0.3, -0.25) is 0 Å². The predicted octanol–water partition coefficient (Wildman–Crippen LogP) is 7.92. The molecular weight excluding hydrogens is 438 g/mol. The summed E-state index contributed by atoms with van der Waals surface area (Å²) in [6.07, 6.45) is 1.88. The van der Waals surface area contributed by atoms with Crippen molar-refractivity contribution in [1.29, 1.82) is 5.26 Å². The lowest BCUT2D eigenvalue weighted by Crippen LogP contribution is -1.99. The zero-order chi connectivity index (χ0) is 23.3. The molecule has 0 fully saturated rings. The highest BCUT2D eigenvalue weighted by Crippen LogP contribution is 2.29. The second kappa shape index (κ2) is 9.62. The van der Waals surface area contributed by atoms with Crippen LogP contribution in [0.2, 0.25) is 5.02 Å². The lowest BCUT2D eigenvalue weighted by molar-refractivity contribution is 0.892. The van der Waals surface area contributed by atoms with Gasteiger partial charge in [0.05, 0.1) is 28.7 Å². The minimum absolute atomic E-state index is 0.583. The summed E-state index contributed by atoms with van der Waals surface area (Å²) in [6, 6.07) is 40.2. The average molecular weight is 458 g/mol. The molecule has 0 saturated carbocycles. The van der Waals surface area contributed by atoms with Gasteiger partial charge in [0, 0.05) is 16.1 Å². The van der Waals surface area contributed by atoms with Crippen LogP contribution < -0.4 is 0 Å². The Kier molecular flexibility index (Phi) is 6.07. The maximum atomic E-state index is 9.65. The SMILES string of the molecule is N#CC(=Cc1ccc(-n2nc(-c3ccccc3)cc2-c2ccccc2)cc1)c1ccc(Cl)cc1. The van der Waals surface area contributed by atoms with E-state index in [1.807, 2.05) is 83.6 Å². The van der Waals surface area contributed by atoms with Crippen LogP contribution in [0.15, 0.2) is 115 Å². The standard InChI is InChI=1S/C30H20ClN3/c31-27-15-13-23(14-16-27)26(21-32)19-22-11-17-28(18-12-22)34-30(25-9-5-2-6-10-25)20-29(33-34)24-7-3-1-4-8-24/h1-20H. The number of nitriles is 1. The zero-order valence-corrected chi connectivity index (χ0v) is 19.0. The van der Waals surface area contributed by atoms with E-state index in [1.54, 1.807) is 12.1 Å². The molecule has 5 rings (SSSR count). The van der Waals surface area contributed by atoms with Crippen molar-refractivity contribution in [3.05, 3.63) is 131 Å². The zero-order valence-electron chi connectivity index (χ0n) is 18.3. The van der Waals surface area contributed by atoms with E-state index in [-0.39, 0.29) is 0 Å². The van der Waals surface area contributed by atoms with Crippen molar-refractivity contribution in [1.82, 2.24) is 9.78 Å². The van der Waals surface area contributed by atoms with Crippen molar-refractivity contribution in [2.24, 2.45) is 0 Å². The first kappa shape index (κ1) is 21.5. The molecule has 0 amide bonds. The summed E-state index contributed by atoms with van der Waals surface area (Å²) in [6.45, 7) is 0. The Morgan fingerprint density at radius 3 is 2.00 bits per heavy atom. The molecule has 0 unspecified atom stereocenters. The normalized spacial score (nSPS) is 11.2. The van der Waals surface area contributed by atoms with Gasteiger partial charge in [0.1, 0.15) is 0 Å². The van der Waals surface area contributed by atoms with E-state index >= 15 is 0 Å². The molecule has 34 heavy (non-hydrogen) atoms. The molecule has 4 heteroatoms. The summed E-state index contributed by atoms with van der Waals surface area (Å²) in [7, 11) is 0. The topological polar surface area (TPSA) is 41.6 Å². The number of hydrogen-bond acceptors (Lipinski definition) is 2. The molecule has 0 spiro atoms. The summed E-state index contributed by atoms with van der Waals surface area (Å²) in [5, 5.41) is 15.2. The number of hydrogen-bond donors (Lipinski definition) is 0. The molecule has 0 N–H and O–H groups in total. The van der Waals surface area contributed by atoms with Crippen molar-refractivity contribution < 1.29 is 0 Å². The molecule has 0 aliphatic carbocycles. The molecule has 0 aliphatic rings. The summed E-state index contributed by atoms with van der Waals surface area (Å²) in [5.41, 5.74) is 7.40. The Balaban J connectivity index is 1.53. The molecule has 1 aromatic heterocycles. The van der Waals surface area contributed by atoms with Gasteiger partial charge >= 0.3 is 0 Å². The van der Waals surface area contributed by atoms with Gasteiger partial charge in [-0.25, -0.2) is 4.68 Å². The fourth-order valence-electron chi connectivity index (χ4n) is 3.83. The smallest absolute Gasteiger partial charge is 0.0998 e. The highest BCUT2D eigenvalue weighted by molar-refractivity contribution is 6.30. The summed E-state index contributed by atoms with van der Waals surface area (Å²) >= 11 is 5.98. The number of aromatic nitrogens is 2. The highest BCUT2D eigenvalue weighted by Gasteiger charge is 2.13. The molecule has 0 atom stereocenters. The van der Waals surface area contributed by atoms with Gasteiger partial charge in [-0.2, -0.15) is 10.4 Å². The van der Waals surface area contributed by atoms with E-state index in [1.165, 1.54) is 0 Å². The van der Waals surface area contributed by atoms with Crippen LogP contribution in [0.1, 0.15) is 11.1 Å². The van der Waals surface area contributed by atoms with Crippen molar-refractivity contribution in [2.75, 3.05) is 0 Å². The van der Waals surface area contributed by atoms with E-state index < -0.39 is 0 Å². The van der Waals surface area contributed by atoms with Crippen molar-refractivity contribution >= 4 is 23.3 Å². The van der Waals surface area contributed by atoms with Crippen LogP contribution in [0.3, 0.4) is 0 Å². The van der Waals surface area contributed by atoms with E-state index in [0.29, 0.717) is 10.6 Å². The monoisotopic (exact) mass is 457 g/mol. The van der Waals surface area contributed by atoms with Gasteiger partial charge in [0.25, 0.3) is 0 Å². The fraction of sp³-hybridized carbons (Fsp3) is 0. The predicted molar refractivity (Wildman–Crippen MR) is 139 cm³/mol. The second-order valence-corrected chi connectivity index (χ2v) is 8.26. The second-order valence-electron chi connectivity index (χ2n) is 7.83. The molecule has 0 aliphatic heterocycles. The number of halogens is 1. The van der Waals surface area contributed by atoms with Crippen molar-refractivity contribution in [3.63, 3.8) is 0 Å². The molecular formula is C30H20ClN3. The first-order valence-corrected chi connectivity index (χ1v) is 11.3. The molecule has 0 saturated heterocycles. The maximum absolute atomic E-state index is 9.65. The first-order chi connectivity index (χ1) is 16.7. The Hall–Kier alpha value is -4.39. The first-order valence-electron chi connectivity index (χ1n) is 10.9. The van der Waals surface area contributed by atoms with Gasteiger partial charge < -0.3 is 0 Å². The van der Waals surface area contributed by atoms with Crippen LogP contribution in [0, 0.1) is 11.3 Å². The fourth-order valence-corrected chi connectivity index (χ4v) is 3.96. The van der Waals surface area contributed by atoms with Gasteiger partial charge in [-0.15, -0.1) is 0 Å². The Bertz CT molecular complexity index is 1480. The van der Waals surface area contributed by atoms with Gasteiger partial charge in [0.2, 0.25) is 0 Å². The van der Waals surface area contributed by atoms with E-state index in [2.05, 4.69) is 36.4 Å². The van der Waals surface area contributed by atoms with E-state index in [9.17, 15) is 5.26 Å². The molecule has 0 radical (unpaired) electrons. The van der Waals surface area contributed by atoms with Crippen molar-refractivity contribution in [3.8, 4) is 34.3 Å². The molecule has 0 bridgehead atoms. The number of benzene rings is 4. The van der Waals surface area contributed by atoms with E-state index in [4.69, 9.17) is 16.7 Å². The minimum atomic E-state index is 0.583. The average Bonchev–Trinajstić information content (AvgIpc) is 3.35. The highest BCUT2D eigenvalue weighted by atomic mass is 35.5. The molecule has 4 aromatic carbocycles. The summed E-state index contributed by atoms with van der Waals surface area (Å²) < 4.78 is 1.97. The van der Waals surface area contributed by atoms with Crippen LogP contribution in [-0.2, 0) is 0 Å². The Morgan fingerprint density at radius 2 is 1.38 bits per heavy atom. The van der Waals surface area contributed by atoms with Crippen LogP contribution in [0.5, 0.6) is 0 Å². The summed E-state index contributed by atoms with van der Waals surface area (Å²) in [5.74, 6) is 0. The molecule has 1 heterocycles. The number of nitrogens with zero attached hydrogens (tertiary/aromatic N) is 3. The minimum Gasteiger partial charge on any atom is -0.232 e. The van der Waals surface area contributed by atoms with Gasteiger partial charge in [0.15, 0.2) is 0 Å². The lowest BCUT2D eigenvalue weighted by Gasteiger charge is -2.08. The van der Waals surface area contributed by atoms with Crippen molar-refractivity contribution in [2.45, 2.75) is 0 Å². The summed E-state index contributed by atoms with van der Waals surface area (Å²) in [4.78, 5) is 0. The van der Waals surface area contributed by atoms with Gasteiger partial charge in [-0.1, -0.05) is 96.5 Å². The largest absolute Gasteiger partial charge is 0.232 e. The van der Waals surface area contributed by atoms with Crippen LogP contribution in [0.25, 0.3) is 39.9 Å². The Labute approximate surface area is 203 Å². The van der Waals surface area contributed by atoms with Gasteiger partial charge in [-0.05, 0) is 47.5 Å². The maximum Gasteiger partial charge on any atom is 0.0998 e. The third-order valence-corrected chi connectivity index (χ3v) is 5.82. The number of rotatable bonds is 5. The van der Waals surface area contributed by atoms with Crippen LogP contribution >= 0.6 is 11.6 Å².